The normalized spacial score (nSPS) is 12.2. The van der Waals surface area contributed by atoms with Crippen LogP contribution in [0, 0.1) is 0 Å². The third kappa shape index (κ3) is 52.9. The van der Waals surface area contributed by atoms with Crippen LogP contribution in [0.1, 0.15) is 316 Å². The van der Waals surface area contributed by atoms with Crippen molar-refractivity contribution in [3.63, 3.8) is 0 Å². The van der Waals surface area contributed by atoms with Crippen LogP contribution >= 0.6 is 0 Å². The molecule has 63 heavy (non-hydrogen) atoms. The summed E-state index contributed by atoms with van der Waals surface area (Å²) in [4.78, 5) is 24.3. The molecule has 0 spiro atoms. The van der Waals surface area contributed by atoms with Gasteiger partial charge in [0.2, 0.25) is 0 Å². The number of allylic oxidation sites excluding steroid dienone is 4. The first-order valence-corrected chi connectivity index (χ1v) is 28.4. The fraction of sp³-hybridized carbons (Fsp3) is 0.897. The maximum absolute atomic E-state index is 12.2. The van der Waals surface area contributed by atoms with Gasteiger partial charge in [-0.2, -0.15) is 0 Å². The van der Waals surface area contributed by atoms with Gasteiger partial charge in [-0.1, -0.05) is 269 Å². The first-order chi connectivity index (χ1) is 31.1. The summed E-state index contributed by atoms with van der Waals surface area (Å²) in [7, 11) is 0. The lowest BCUT2D eigenvalue weighted by Crippen LogP contribution is -2.28. The second kappa shape index (κ2) is 54.7. The van der Waals surface area contributed by atoms with Crippen LogP contribution in [0.2, 0.25) is 0 Å². The molecule has 1 unspecified atom stereocenters. The van der Waals surface area contributed by atoms with Gasteiger partial charge in [0.05, 0.1) is 6.61 Å². The third-order valence-electron chi connectivity index (χ3n) is 12.9. The molecule has 0 aliphatic carbocycles. The summed E-state index contributed by atoms with van der Waals surface area (Å²) >= 11 is 0. The average Bonchev–Trinajstić information content (AvgIpc) is 3.29. The highest BCUT2D eigenvalue weighted by Gasteiger charge is 2.16. The average molecular weight is 888 g/mol. The number of rotatable bonds is 53. The Balaban J connectivity index is 3.32. The predicted octanol–water partition coefficient (Wildman–Crippen LogP) is 18.9. The van der Waals surface area contributed by atoms with Crippen LogP contribution in [0.5, 0.6) is 0 Å². The molecular weight excluding hydrogens is 777 g/mol. The molecule has 0 heterocycles. The molecule has 0 bridgehead atoms. The summed E-state index contributed by atoms with van der Waals surface area (Å²) < 4.78 is 10.6. The molecule has 0 saturated heterocycles. The van der Waals surface area contributed by atoms with E-state index in [0.717, 1.165) is 51.4 Å². The largest absolute Gasteiger partial charge is 0.462 e. The van der Waals surface area contributed by atoms with E-state index in [0.29, 0.717) is 12.8 Å². The first kappa shape index (κ1) is 61.4. The molecule has 1 N–H and O–H groups in total. The first-order valence-electron chi connectivity index (χ1n) is 28.4. The van der Waals surface area contributed by atoms with Crippen LogP contribution < -0.4 is 0 Å². The van der Waals surface area contributed by atoms with Crippen molar-refractivity contribution in [2.24, 2.45) is 0 Å². The molecule has 0 aromatic heterocycles. The Hall–Kier alpha value is -1.62. The molecule has 5 heteroatoms. The molecule has 0 radical (unpaired) electrons. The molecule has 0 aromatic rings. The van der Waals surface area contributed by atoms with Gasteiger partial charge in [-0.05, 0) is 57.8 Å². The fourth-order valence-electron chi connectivity index (χ4n) is 8.67. The number of carbonyl (C=O) groups excluding carboxylic acids is 2. The molecule has 0 fully saturated rings. The van der Waals surface area contributed by atoms with Crippen molar-refractivity contribution < 1.29 is 24.2 Å². The summed E-state index contributed by atoms with van der Waals surface area (Å²) in [5.41, 5.74) is 0. The molecular formula is C58H110O5. The van der Waals surface area contributed by atoms with Crippen molar-refractivity contribution in [3.8, 4) is 0 Å². The topological polar surface area (TPSA) is 72.8 Å². The van der Waals surface area contributed by atoms with Crippen LogP contribution in [-0.2, 0) is 19.1 Å². The SMILES string of the molecule is CCC/C=C\CCCCCCCC(=O)OCC(CO)OC(=O)CCCCCCCCCCCCCCCCCCCCCCCCCCCCC/C=C\CCCCCCCCCC. The predicted molar refractivity (Wildman–Crippen MR) is 275 cm³/mol. The third-order valence-corrected chi connectivity index (χ3v) is 12.9. The lowest BCUT2D eigenvalue weighted by Gasteiger charge is -2.15. The van der Waals surface area contributed by atoms with Crippen molar-refractivity contribution in [2.45, 2.75) is 322 Å². The van der Waals surface area contributed by atoms with Gasteiger partial charge in [0.15, 0.2) is 6.10 Å². The van der Waals surface area contributed by atoms with E-state index in [2.05, 4.69) is 38.2 Å². The zero-order chi connectivity index (χ0) is 45.6. The minimum absolute atomic E-state index is 0.0654. The number of carbonyl (C=O) groups is 2. The van der Waals surface area contributed by atoms with Gasteiger partial charge < -0.3 is 14.6 Å². The lowest BCUT2D eigenvalue weighted by atomic mass is 10.0. The second-order valence-electron chi connectivity index (χ2n) is 19.4. The summed E-state index contributed by atoms with van der Waals surface area (Å²) in [6.45, 7) is 4.10. The maximum atomic E-state index is 12.2. The van der Waals surface area contributed by atoms with Gasteiger partial charge in [0.25, 0.3) is 0 Å². The van der Waals surface area contributed by atoms with Gasteiger partial charge in [-0.3, -0.25) is 9.59 Å². The number of esters is 2. The highest BCUT2D eigenvalue weighted by Crippen LogP contribution is 2.18. The van der Waals surface area contributed by atoms with E-state index in [1.54, 1.807) is 0 Å². The quantitative estimate of drug-likeness (QED) is 0.0374. The van der Waals surface area contributed by atoms with Gasteiger partial charge in [-0.25, -0.2) is 0 Å². The van der Waals surface area contributed by atoms with Crippen molar-refractivity contribution in [3.05, 3.63) is 24.3 Å². The maximum Gasteiger partial charge on any atom is 0.306 e. The molecule has 0 aromatic carbocycles. The zero-order valence-electron chi connectivity index (χ0n) is 42.6. The van der Waals surface area contributed by atoms with Crippen LogP contribution in [0.4, 0.5) is 0 Å². The summed E-state index contributed by atoms with van der Waals surface area (Å²) in [5, 5.41) is 9.59. The van der Waals surface area contributed by atoms with E-state index in [1.165, 1.54) is 238 Å². The van der Waals surface area contributed by atoms with E-state index in [9.17, 15) is 14.7 Å². The lowest BCUT2D eigenvalue weighted by molar-refractivity contribution is -0.161. The standard InChI is InChI=1S/C58H110O5/c1-3-5-7-9-11-13-15-16-17-18-19-20-21-22-23-24-25-26-27-28-29-30-31-32-33-34-35-36-37-38-39-40-41-42-43-45-47-49-51-53-58(61)63-56(54-59)55-62-57(60)52-50-48-46-44-14-12-10-8-6-4-2/h8,10,18-19,56,59H,3-7,9,11-17,20-55H2,1-2H3/b10-8-,19-18-. The highest BCUT2D eigenvalue weighted by atomic mass is 16.6. The van der Waals surface area contributed by atoms with E-state index in [4.69, 9.17) is 9.47 Å². The van der Waals surface area contributed by atoms with Gasteiger partial charge in [0.1, 0.15) is 6.61 Å². The monoisotopic (exact) mass is 887 g/mol. The van der Waals surface area contributed by atoms with E-state index in [1.807, 2.05) is 0 Å². The molecule has 0 rings (SSSR count). The van der Waals surface area contributed by atoms with Crippen molar-refractivity contribution in [1.82, 2.24) is 0 Å². The number of aliphatic hydroxyl groups excluding tert-OH is 1. The Labute approximate surface area is 394 Å². The van der Waals surface area contributed by atoms with Crippen LogP contribution in [-0.4, -0.2) is 36.4 Å². The zero-order valence-corrected chi connectivity index (χ0v) is 42.6. The van der Waals surface area contributed by atoms with Crippen molar-refractivity contribution in [1.29, 1.82) is 0 Å². The Bertz CT molecular complexity index is 959. The number of aliphatic hydroxyl groups is 1. The summed E-state index contributed by atoms with van der Waals surface area (Å²) in [5.74, 6) is -0.590. The Morgan fingerprint density at radius 2 is 0.619 bits per heavy atom. The number of hydrogen-bond acceptors (Lipinski definition) is 5. The fourth-order valence-corrected chi connectivity index (χ4v) is 8.67. The van der Waals surface area contributed by atoms with Crippen molar-refractivity contribution in [2.75, 3.05) is 13.2 Å². The van der Waals surface area contributed by atoms with Gasteiger partial charge in [0, 0.05) is 12.8 Å². The molecule has 5 nitrogen and oxygen atoms in total. The Kier molecular flexibility index (Phi) is 53.3. The van der Waals surface area contributed by atoms with Crippen LogP contribution in [0.3, 0.4) is 0 Å². The number of hydrogen-bond donors (Lipinski definition) is 1. The Morgan fingerprint density at radius 1 is 0.349 bits per heavy atom. The Morgan fingerprint density at radius 3 is 0.921 bits per heavy atom. The molecule has 0 saturated carbocycles. The number of ether oxygens (including phenoxy) is 2. The molecule has 372 valence electrons. The highest BCUT2D eigenvalue weighted by molar-refractivity contribution is 5.70. The van der Waals surface area contributed by atoms with Gasteiger partial charge in [-0.15, -0.1) is 0 Å². The smallest absolute Gasteiger partial charge is 0.306 e. The molecule has 1 atom stereocenters. The second-order valence-corrected chi connectivity index (χ2v) is 19.4. The molecule has 0 aliphatic rings. The van der Waals surface area contributed by atoms with Crippen LogP contribution in [0.25, 0.3) is 0 Å². The summed E-state index contributed by atoms with van der Waals surface area (Å²) in [6.07, 6.45) is 69.1. The van der Waals surface area contributed by atoms with Gasteiger partial charge >= 0.3 is 11.9 Å². The van der Waals surface area contributed by atoms with E-state index in [-0.39, 0.29) is 25.2 Å². The van der Waals surface area contributed by atoms with Crippen LogP contribution in [0.15, 0.2) is 24.3 Å². The number of unbranched alkanes of at least 4 members (excludes halogenated alkanes) is 41. The minimum Gasteiger partial charge on any atom is -0.462 e. The van der Waals surface area contributed by atoms with E-state index >= 15 is 0 Å². The molecule has 0 aliphatic heterocycles. The summed E-state index contributed by atoms with van der Waals surface area (Å²) in [6, 6.07) is 0. The van der Waals surface area contributed by atoms with Crippen molar-refractivity contribution >= 4 is 11.9 Å². The van der Waals surface area contributed by atoms with E-state index < -0.39 is 6.10 Å². The minimum atomic E-state index is -0.770. The molecule has 0 amide bonds.